The van der Waals surface area contributed by atoms with Crippen LogP contribution in [-0.2, 0) is 20.8 Å². The first-order chi connectivity index (χ1) is 14.8. The first kappa shape index (κ1) is 20.3. The number of carbonyl (C=O) groups excluding carboxylic acids is 3. The number of carbonyl (C=O) groups is 3. The van der Waals surface area contributed by atoms with E-state index in [-0.39, 0.29) is 22.9 Å². The van der Waals surface area contributed by atoms with E-state index in [1.807, 2.05) is 6.08 Å². The van der Waals surface area contributed by atoms with Gasteiger partial charge in [0.15, 0.2) is 11.5 Å². The summed E-state index contributed by atoms with van der Waals surface area (Å²) >= 11 is 0. The van der Waals surface area contributed by atoms with E-state index in [1.165, 1.54) is 33.1 Å². The van der Waals surface area contributed by atoms with Crippen molar-refractivity contribution in [2.45, 2.75) is 70.8 Å². The van der Waals surface area contributed by atoms with Crippen LogP contribution in [0.1, 0.15) is 69.9 Å². The molecule has 0 aromatic heterocycles. The summed E-state index contributed by atoms with van der Waals surface area (Å²) in [6.45, 7) is 2.61. The maximum atomic E-state index is 13.2. The van der Waals surface area contributed by atoms with E-state index in [4.69, 9.17) is 9.47 Å². The molecule has 5 aliphatic rings. The molecule has 31 heavy (non-hydrogen) atoms. The Morgan fingerprint density at radius 1 is 0.871 bits per heavy atom. The van der Waals surface area contributed by atoms with Crippen LogP contribution in [0.15, 0.2) is 17.7 Å². The Kier molecular flexibility index (Phi) is 4.91. The highest BCUT2D eigenvalue weighted by Crippen LogP contribution is 2.55. The molecule has 0 heterocycles. The molecule has 0 saturated heterocycles. The summed E-state index contributed by atoms with van der Waals surface area (Å²) < 4.78 is 10.5. The van der Waals surface area contributed by atoms with Crippen LogP contribution in [0.2, 0.25) is 0 Å². The molecule has 4 saturated carbocycles. The predicted molar refractivity (Wildman–Crippen MR) is 114 cm³/mol. The molecule has 4 fully saturated rings. The maximum absolute atomic E-state index is 13.2. The van der Waals surface area contributed by atoms with Crippen LogP contribution in [0.4, 0.5) is 0 Å². The normalized spacial score (nSPS) is 30.3. The Morgan fingerprint density at radius 2 is 1.42 bits per heavy atom. The summed E-state index contributed by atoms with van der Waals surface area (Å²) in [5.41, 5.74) is 2.54. The van der Waals surface area contributed by atoms with Gasteiger partial charge in [-0.05, 0) is 98.5 Å². The summed E-state index contributed by atoms with van der Waals surface area (Å²) in [4.78, 5) is 36.2. The van der Waals surface area contributed by atoms with Crippen molar-refractivity contribution >= 4 is 23.9 Å². The van der Waals surface area contributed by atoms with E-state index < -0.39 is 11.9 Å². The first-order valence-electron chi connectivity index (χ1n) is 11.4. The quantitative estimate of drug-likeness (QED) is 0.586. The van der Waals surface area contributed by atoms with Crippen LogP contribution in [0.3, 0.4) is 0 Å². The highest BCUT2D eigenvalue weighted by molar-refractivity contribution is 5.99. The third kappa shape index (κ3) is 4.00. The predicted octanol–water partition coefficient (Wildman–Crippen LogP) is 3.95. The molecule has 164 valence electrons. The fourth-order valence-electron chi connectivity index (χ4n) is 6.73. The number of benzene rings is 1. The van der Waals surface area contributed by atoms with Gasteiger partial charge in [0, 0.05) is 25.0 Å². The van der Waals surface area contributed by atoms with Crippen molar-refractivity contribution in [2.24, 2.45) is 17.8 Å². The molecule has 6 heteroatoms. The van der Waals surface area contributed by atoms with Crippen LogP contribution in [0.25, 0.3) is 6.08 Å². The third-order valence-electron chi connectivity index (χ3n) is 7.41. The number of nitrogens with one attached hydrogen (secondary N) is 1. The van der Waals surface area contributed by atoms with Crippen molar-refractivity contribution in [2.75, 3.05) is 0 Å². The van der Waals surface area contributed by atoms with Gasteiger partial charge in [0.2, 0.25) is 5.91 Å². The lowest BCUT2D eigenvalue weighted by atomic mass is 9.53. The Morgan fingerprint density at radius 3 is 1.97 bits per heavy atom. The van der Waals surface area contributed by atoms with Crippen LogP contribution in [-0.4, -0.2) is 23.4 Å². The third-order valence-corrected chi connectivity index (χ3v) is 7.41. The van der Waals surface area contributed by atoms with E-state index >= 15 is 0 Å². The summed E-state index contributed by atoms with van der Waals surface area (Å²) in [6.07, 6.45) is 10.6. The van der Waals surface area contributed by atoms with Crippen LogP contribution < -0.4 is 14.8 Å². The van der Waals surface area contributed by atoms with E-state index in [9.17, 15) is 14.4 Å². The minimum absolute atomic E-state index is 0.0188. The van der Waals surface area contributed by atoms with E-state index in [2.05, 4.69) is 5.32 Å². The minimum atomic E-state index is -0.493. The number of aryl methyl sites for hydroxylation is 1. The molecule has 1 aromatic rings. The highest BCUT2D eigenvalue weighted by atomic mass is 16.6. The van der Waals surface area contributed by atoms with Gasteiger partial charge in [-0.3, -0.25) is 14.4 Å². The van der Waals surface area contributed by atoms with Gasteiger partial charge < -0.3 is 14.8 Å². The number of hydrogen-bond donors (Lipinski definition) is 1. The van der Waals surface area contributed by atoms with Gasteiger partial charge in [0.05, 0.1) is 0 Å². The average Bonchev–Trinajstić information content (AvgIpc) is 2.65. The zero-order valence-electron chi connectivity index (χ0n) is 18.2. The number of amides is 1. The molecule has 0 unspecified atom stereocenters. The second kappa shape index (κ2) is 7.50. The maximum Gasteiger partial charge on any atom is 0.308 e. The zero-order chi connectivity index (χ0) is 21.8. The summed E-state index contributed by atoms with van der Waals surface area (Å²) in [6, 6.07) is 3.42. The Hall–Kier alpha value is -2.63. The number of rotatable bonds is 4. The van der Waals surface area contributed by atoms with E-state index in [0.29, 0.717) is 12.8 Å². The molecule has 1 N–H and O–H groups in total. The van der Waals surface area contributed by atoms with Gasteiger partial charge in [0.25, 0.3) is 0 Å². The van der Waals surface area contributed by atoms with Gasteiger partial charge in [-0.25, -0.2) is 0 Å². The van der Waals surface area contributed by atoms with Crippen molar-refractivity contribution in [1.29, 1.82) is 0 Å². The molecule has 0 aliphatic heterocycles. The lowest BCUT2D eigenvalue weighted by Gasteiger charge is -2.57. The topological polar surface area (TPSA) is 81.7 Å². The molecule has 6 nitrogen and oxygen atoms in total. The van der Waals surface area contributed by atoms with Gasteiger partial charge in [-0.2, -0.15) is 0 Å². The van der Waals surface area contributed by atoms with Crippen molar-refractivity contribution in [3.8, 4) is 11.5 Å². The van der Waals surface area contributed by atoms with Crippen molar-refractivity contribution in [1.82, 2.24) is 5.32 Å². The number of hydrogen-bond acceptors (Lipinski definition) is 5. The fourth-order valence-corrected chi connectivity index (χ4v) is 6.73. The minimum Gasteiger partial charge on any atom is -0.423 e. The SMILES string of the molecule is CC(=O)Oc1cc2c(cc1OC(C)=O)CCC(C(=O)NC13CC4CC(CC(C4)C1)C3)=C2. The molecular formula is C25H29NO5. The molecule has 0 spiro atoms. The number of fused-ring (bicyclic) bond motifs is 1. The fraction of sp³-hybridized carbons (Fsp3) is 0.560. The lowest BCUT2D eigenvalue weighted by Crippen LogP contribution is -2.60. The largest absolute Gasteiger partial charge is 0.423 e. The molecular weight excluding hydrogens is 394 g/mol. The second-order valence-electron chi connectivity index (χ2n) is 10.0. The van der Waals surface area contributed by atoms with Gasteiger partial charge in [-0.15, -0.1) is 0 Å². The summed E-state index contributed by atoms with van der Waals surface area (Å²) in [7, 11) is 0. The van der Waals surface area contributed by atoms with Gasteiger partial charge in [-0.1, -0.05) is 0 Å². The van der Waals surface area contributed by atoms with Crippen molar-refractivity contribution in [3.05, 3.63) is 28.8 Å². The smallest absolute Gasteiger partial charge is 0.308 e. The van der Waals surface area contributed by atoms with Crippen LogP contribution in [0, 0.1) is 17.8 Å². The molecule has 4 bridgehead atoms. The monoisotopic (exact) mass is 423 g/mol. The molecule has 5 aliphatic carbocycles. The van der Waals surface area contributed by atoms with Crippen LogP contribution >= 0.6 is 0 Å². The van der Waals surface area contributed by atoms with E-state index in [1.54, 1.807) is 12.1 Å². The standard InChI is InChI=1S/C25H29NO5/c1-14(27)30-22-9-19-3-4-20(8-21(19)10-23(22)31-15(2)28)24(29)26-25-11-16-5-17(12-25)7-18(6-16)13-25/h8-10,16-18H,3-7,11-13H2,1-2H3,(H,26,29). The van der Waals surface area contributed by atoms with Crippen molar-refractivity contribution < 1.29 is 23.9 Å². The van der Waals surface area contributed by atoms with Gasteiger partial charge in [0.1, 0.15) is 0 Å². The lowest BCUT2D eigenvalue weighted by molar-refractivity contribution is -0.134. The first-order valence-corrected chi connectivity index (χ1v) is 11.4. The summed E-state index contributed by atoms with van der Waals surface area (Å²) in [5, 5.41) is 3.45. The average molecular weight is 424 g/mol. The summed E-state index contributed by atoms with van der Waals surface area (Å²) in [5.74, 6) is 1.82. The second-order valence-corrected chi connectivity index (χ2v) is 10.0. The molecule has 0 atom stereocenters. The molecule has 1 amide bonds. The Balaban J connectivity index is 1.38. The van der Waals surface area contributed by atoms with Crippen molar-refractivity contribution in [3.63, 3.8) is 0 Å². The Labute approximate surface area is 182 Å². The van der Waals surface area contributed by atoms with Gasteiger partial charge >= 0.3 is 11.9 Å². The zero-order valence-corrected chi connectivity index (χ0v) is 18.2. The Bertz CT molecular complexity index is 957. The molecule has 1 aromatic carbocycles. The number of ether oxygens (including phenoxy) is 2. The number of esters is 2. The molecule has 6 rings (SSSR count). The molecule has 0 radical (unpaired) electrons. The van der Waals surface area contributed by atoms with E-state index in [0.717, 1.165) is 53.7 Å². The van der Waals surface area contributed by atoms with Crippen LogP contribution in [0.5, 0.6) is 11.5 Å². The highest BCUT2D eigenvalue weighted by Gasteiger charge is 2.51.